The second kappa shape index (κ2) is 5.33. The van der Waals surface area contributed by atoms with E-state index < -0.39 is 0 Å². The molecule has 0 spiro atoms. The molecule has 0 atom stereocenters. The van der Waals surface area contributed by atoms with Crippen molar-refractivity contribution in [2.75, 3.05) is 11.1 Å². The Labute approximate surface area is 117 Å². The van der Waals surface area contributed by atoms with Gasteiger partial charge in [-0.25, -0.2) is 0 Å². The van der Waals surface area contributed by atoms with Crippen LogP contribution >= 0.6 is 11.6 Å². The highest BCUT2D eigenvalue weighted by Crippen LogP contribution is 2.22. The molecule has 0 fully saturated rings. The molecule has 2 aromatic rings. The average molecular weight is 275 g/mol. The Morgan fingerprint density at radius 3 is 2.63 bits per heavy atom. The highest BCUT2D eigenvalue weighted by molar-refractivity contribution is 6.32. The zero-order chi connectivity index (χ0) is 14.0. The monoisotopic (exact) mass is 274 g/mol. The van der Waals surface area contributed by atoms with E-state index >= 15 is 0 Å². The molecule has 0 aliphatic heterocycles. The van der Waals surface area contributed by atoms with Gasteiger partial charge in [-0.05, 0) is 55.3 Å². The minimum absolute atomic E-state index is 0.173. The van der Waals surface area contributed by atoms with Crippen molar-refractivity contribution in [2.24, 2.45) is 0 Å². The molecule has 0 heterocycles. The van der Waals surface area contributed by atoms with Gasteiger partial charge in [-0.15, -0.1) is 0 Å². The minimum Gasteiger partial charge on any atom is -0.399 e. The first-order valence-electron chi connectivity index (χ1n) is 5.91. The van der Waals surface area contributed by atoms with E-state index in [-0.39, 0.29) is 5.91 Å². The van der Waals surface area contributed by atoms with Gasteiger partial charge in [-0.3, -0.25) is 4.79 Å². The van der Waals surface area contributed by atoms with E-state index in [4.69, 9.17) is 17.3 Å². The highest BCUT2D eigenvalue weighted by Gasteiger charge is 2.12. The first-order chi connectivity index (χ1) is 8.99. The number of benzene rings is 2. The van der Waals surface area contributed by atoms with Crippen molar-refractivity contribution < 1.29 is 4.79 Å². The molecule has 0 bridgehead atoms. The summed E-state index contributed by atoms with van der Waals surface area (Å²) >= 11 is 6.02. The number of nitrogens with two attached hydrogens (primary N) is 1. The van der Waals surface area contributed by atoms with Crippen LogP contribution in [0, 0.1) is 13.8 Å². The zero-order valence-electron chi connectivity index (χ0n) is 10.8. The van der Waals surface area contributed by atoms with Crippen molar-refractivity contribution in [1.82, 2.24) is 0 Å². The molecule has 0 radical (unpaired) electrons. The van der Waals surface area contributed by atoms with Crippen LogP contribution in [0.4, 0.5) is 11.4 Å². The number of hydrogen-bond acceptors (Lipinski definition) is 2. The predicted molar refractivity (Wildman–Crippen MR) is 79.7 cm³/mol. The molecule has 4 heteroatoms. The minimum atomic E-state index is -0.173. The van der Waals surface area contributed by atoms with Crippen LogP contribution in [0.5, 0.6) is 0 Å². The van der Waals surface area contributed by atoms with Crippen LogP contribution in [-0.4, -0.2) is 5.91 Å². The van der Waals surface area contributed by atoms with E-state index in [9.17, 15) is 4.79 Å². The lowest BCUT2D eigenvalue weighted by molar-refractivity contribution is 0.102. The number of carbonyl (C=O) groups is 1. The van der Waals surface area contributed by atoms with Crippen LogP contribution in [0.2, 0.25) is 5.02 Å². The molecular formula is C15H15ClN2O. The number of hydrogen-bond donors (Lipinski definition) is 2. The fourth-order valence-electron chi connectivity index (χ4n) is 1.87. The van der Waals surface area contributed by atoms with Gasteiger partial charge in [0.25, 0.3) is 5.91 Å². The first-order valence-corrected chi connectivity index (χ1v) is 6.29. The van der Waals surface area contributed by atoms with Crippen molar-refractivity contribution in [3.8, 4) is 0 Å². The lowest BCUT2D eigenvalue weighted by Crippen LogP contribution is -2.14. The van der Waals surface area contributed by atoms with Gasteiger partial charge >= 0.3 is 0 Å². The quantitative estimate of drug-likeness (QED) is 0.819. The summed E-state index contributed by atoms with van der Waals surface area (Å²) in [5.41, 5.74) is 9.38. The van der Waals surface area contributed by atoms with Gasteiger partial charge in [0.1, 0.15) is 0 Å². The van der Waals surface area contributed by atoms with Crippen LogP contribution in [0.25, 0.3) is 0 Å². The molecule has 0 aromatic heterocycles. The summed E-state index contributed by atoms with van der Waals surface area (Å²) in [5, 5.41) is 3.45. The summed E-state index contributed by atoms with van der Waals surface area (Å²) in [6, 6.07) is 10.7. The second-order valence-electron chi connectivity index (χ2n) is 4.44. The molecule has 98 valence electrons. The fourth-order valence-corrected chi connectivity index (χ4v) is 2.04. The largest absolute Gasteiger partial charge is 0.399 e. The van der Waals surface area contributed by atoms with Crippen LogP contribution in [0.1, 0.15) is 21.5 Å². The molecule has 19 heavy (non-hydrogen) atoms. The first kappa shape index (κ1) is 13.4. The molecule has 3 nitrogen and oxygen atoms in total. The lowest BCUT2D eigenvalue weighted by atomic mass is 10.1. The molecule has 0 aliphatic rings. The molecule has 1 amide bonds. The summed E-state index contributed by atoms with van der Waals surface area (Å²) in [6.07, 6.45) is 0. The van der Waals surface area contributed by atoms with E-state index in [0.29, 0.717) is 16.3 Å². The van der Waals surface area contributed by atoms with Crippen molar-refractivity contribution in [1.29, 1.82) is 0 Å². The normalized spacial score (nSPS) is 10.3. The highest BCUT2D eigenvalue weighted by atomic mass is 35.5. The molecule has 0 unspecified atom stereocenters. The Bertz CT molecular complexity index is 638. The third-order valence-corrected chi connectivity index (χ3v) is 3.42. The van der Waals surface area contributed by atoms with Crippen molar-refractivity contribution in [2.45, 2.75) is 13.8 Å². The Hall–Kier alpha value is -2.00. The zero-order valence-corrected chi connectivity index (χ0v) is 11.6. The van der Waals surface area contributed by atoms with E-state index in [0.717, 1.165) is 16.8 Å². The van der Waals surface area contributed by atoms with Crippen molar-refractivity contribution in [3.63, 3.8) is 0 Å². The maximum atomic E-state index is 12.2. The summed E-state index contributed by atoms with van der Waals surface area (Å²) in [6.45, 7) is 3.73. The molecular weight excluding hydrogens is 260 g/mol. The smallest absolute Gasteiger partial charge is 0.255 e. The third kappa shape index (κ3) is 2.88. The predicted octanol–water partition coefficient (Wildman–Crippen LogP) is 3.79. The third-order valence-electron chi connectivity index (χ3n) is 3.01. The van der Waals surface area contributed by atoms with Crippen LogP contribution in [0.15, 0.2) is 36.4 Å². The number of halogens is 1. The number of aryl methyl sites for hydroxylation is 1. The fraction of sp³-hybridized carbons (Fsp3) is 0.133. The summed E-state index contributed by atoms with van der Waals surface area (Å²) in [4.78, 5) is 12.2. The summed E-state index contributed by atoms with van der Waals surface area (Å²) in [5.74, 6) is -0.173. The summed E-state index contributed by atoms with van der Waals surface area (Å²) in [7, 11) is 0. The Morgan fingerprint density at radius 1 is 1.21 bits per heavy atom. The number of nitrogens with one attached hydrogen (secondary N) is 1. The van der Waals surface area contributed by atoms with E-state index in [1.807, 2.05) is 19.9 Å². The number of rotatable bonds is 2. The molecule has 2 rings (SSSR count). The van der Waals surface area contributed by atoms with Gasteiger partial charge in [0.05, 0.1) is 0 Å². The van der Waals surface area contributed by atoms with Gasteiger partial charge in [-0.2, -0.15) is 0 Å². The maximum Gasteiger partial charge on any atom is 0.255 e. The Morgan fingerprint density at radius 2 is 1.95 bits per heavy atom. The summed E-state index contributed by atoms with van der Waals surface area (Å²) < 4.78 is 0. The van der Waals surface area contributed by atoms with Gasteiger partial charge in [0.15, 0.2) is 0 Å². The SMILES string of the molecule is Cc1cc(N)ccc1NC(=O)c1cccc(Cl)c1C. The van der Waals surface area contributed by atoms with Crippen molar-refractivity contribution >= 4 is 28.9 Å². The maximum absolute atomic E-state index is 12.2. The van der Waals surface area contributed by atoms with Crippen LogP contribution in [0.3, 0.4) is 0 Å². The molecule has 0 saturated heterocycles. The number of anilines is 2. The Balaban J connectivity index is 2.28. The van der Waals surface area contributed by atoms with Crippen LogP contribution in [-0.2, 0) is 0 Å². The number of carbonyl (C=O) groups excluding carboxylic acids is 1. The van der Waals surface area contributed by atoms with Gasteiger partial charge in [0.2, 0.25) is 0 Å². The van der Waals surface area contributed by atoms with E-state index in [1.165, 1.54) is 0 Å². The standard InChI is InChI=1S/C15H15ClN2O/c1-9-8-11(17)6-7-14(9)18-15(19)12-4-3-5-13(16)10(12)2/h3-8H,17H2,1-2H3,(H,18,19). The van der Waals surface area contributed by atoms with Crippen molar-refractivity contribution in [3.05, 3.63) is 58.1 Å². The topological polar surface area (TPSA) is 55.1 Å². The number of amides is 1. The average Bonchev–Trinajstić information content (AvgIpc) is 2.36. The van der Waals surface area contributed by atoms with E-state index in [2.05, 4.69) is 5.32 Å². The Kier molecular flexibility index (Phi) is 3.76. The van der Waals surface area contributed by atoms with Gasteiger partial charge in [0, 0.05) is 22.0 Å². The lowest BCUT2D eigenvalue weighted by Gasteiger charge is -2.11. The van der Waals surface area contributed by atoms with Gasteiger partial charge in [-0.1, -0.05) is 17.7 Å². The van der Waals surface area contributed by atoms with Gasteiger partial charge < -0.3 is 11.1 Å². The molecule has 0 saturated carbocycles. The molecule has 3 N–H and O–H groups in total. The van der Waals surface area contributed by atoms with Crippen LogP contribution < -0.4 is 11.1 Å². The van der Waals surface area contributed by atoms with E-state index in [1.54, 1.807) is 30.3 Å². The second-order valence-corrected chi connectivity index (χ2v) is 4.85. The molecule has 2 aromatic carbocycles. The number of nitrogen functional groups attached to an aromatic ring is 1. The molecule has 0 aliphatic carbocycles.